The molecule has 1 heterocycles. The number of carboxylic acids is 1. The van der Waals surface area contributed by atoms with E-state index >= 15 is 0 Å². The van der Waals surface area contributed by atoms with Gasteiger partial charge in [0.05, 0.1) is 5.92 Å². The van der Waals surface area contributed by atoms with E-state index < -0.39 is 23.7 Å². The molecule has 2 amide bonds. The van der Waals surface area contributed by atoms with Gasteiger partial charge in [0.15, 0.2) is 0 Å². The van der Waals surface area contributed by atoms with E-state index in [1.165, 1.54) is 24.3 Å². The lowest BCUT2D eigenvalue weighted by molar-refractivity contribution is -0.141. The number of benzene rings is 3. The Bertz CT molecular complexity index is 1620. The highest BCUT2D eigenvalue weighted by Crippen LogP contribution is 2.36. The van der Waals surface area contributed by atoms with Crippen molar-refractivity contribution < 1.29 is 28.3 Å². The number of nitrogens with one attached hydrogen (secondary N) is 2. The Balaban J connectivity index is 1.33. The van der Waals surface area contributed by atoms with Gasteiger partial charge < -0.3 is 20.3 Å². The highest BCUT2D eigenvalue weighted by atomic mass is 19.1. The number of nitrogens with zero attached hydrogens (tertiary/aromatic N) is 1. The van der Waals surface area contributed by atoms with Crippen molar-refractivity contribution in [2.45, 2.75) is 64.1 Å². The number of aromatic nitrogens is 1. The zero-order valence-corrected chi connectivity index (χ0v) is 24.0. The number of rotatable bonds is 11. The third-order valence-corrected chi connectivity index (χ3v) is 8.22. The summed E-state index contributed by atoms with van der Waals surface area (Å²) >= 11 is 0. The molecule has 0 saturated carbocycles. The summed E-state index contributed by atoms with van der Waals surface area (Å²) in [7, 11) is 0. The van der Waals surface area contributed by atoms with Gasteiger partial charge >= 0.3 is 5.97 Å². The number of carbonyl (C=O) groups is 3. The molecule has 9 heteroatoms. The summed E-state index contributed by atoms with van der Waals surface area (Å²) in [6.07, 6.45) is 2.27. The molecule has 0 radical (unpaired) electrons. The van der Waals surface area contributed by atoms with E-state index in [0.717, 1.165) is 22.4 Å². The van der Waals surface area contributed by atoms with Crippen LogP contribution in [-0.2, 0) is 40.2 Å². The molecule has 224 valence electrons. The highest BCUT2D eigenvalue weighted by Gasteiger charge is 2.32. The molecule has 3 N–H and O–H groups in total. The van der Waals surface area contributed by atoms with Crippen molar-refractivity contribution in [3.05, 3.63) is 107 Å². The number of hydrogen-bond donors (Lipinski definition) is 3. The van der Waals surface area contributed by atoms with E-state index in [1.807, 2.05) is 41.8 Å². The molecule has 3 aromatic carbocycles. The summed E-state index contributed by atoms with van der Waals surface area (Å²) in [4.78, 5) is 38.7. The number of aliphatic carboxylic acids is 1. The van der Waals surface area contributed by atoms with Crippen LogP contribution in [-0.4, -0.2) is 33.5 Å². The molecule has 1 aromatic heterocycles. The van der Waals surface area contributed by atoms with Gasteiger partial charge in [-0.05, 0) is 79.1 Å². The van der Waals surface area contributed by atoms with Crippen LogP contribution < -0.4 is 10.6 Å². The minimum atomic E-state index is -0.941. The quantitative estimate of drug-likeness (QED) is 0.216. The maximum Gasteiger partial charge on any atom is 0.326 e. The summed E-state index contributed by atoms with van der Waals surface area (Å²) < 4.78 is 29.4. The number of carboxylic acid groups (broad SMARTS) is 1. The first-order valence-electron chi connectivity index (χ1n) is 14.6. The van der Waals surface area contributed by atoms with Crippen LogP contribution in [0.2, 0.25) is 0 Å². The zero-order chi connectivity index (χ0) is 30.5. The molecule has 0 fully saturated rings. The summed E-state index contributed by atoms with van der Waals surface area (Å²) in [5.41, 5.74) is 4.06. The van der Waals surface area contributed by atoms with Gasteiger partial charge in [-0.25, -0.2) is 13.6 Å². The van der Waals surface area contributed by atoms with Crippen LogP contribution in [0.4, 0.5) is 8.78 Å². The second kappa shape index (κ2) is 13.2. The molecule has 1 aliphatic rings. The summed E-state index contributed by atoms with van der Waals surface area (Å²) in [6.45, 7) is 2.04. The first-order chi connectivity index (χ1) is 20.7. The molecule has 0 aliphatic heterocycles. The molecular weight excluding hydrogens is 552 g/mol. The Morgan fingerprint density at radius 3 is 2.40 bits per heavy atom. The smallest absolute Gasteiger partial charge is 0.326 e. The van der Waals surface area contributed by atoms with E-state index in [4.69, 9.17) is 0 Å². The number of amides is 2. The van der Waals surface area contributed by atoms with Crippen molar-refractivity contribution in [3.8, 4) is 0 Å². The Labute approximate surface area is 248 Å². The van der Waals surface area contributed by atoms with E-state index in [-0.39, 0.29) is 36.6 Å². The van der Waals surface area contributed by atoms with Gasteiger partial charge in [-0.15, -0.1) is 0 Å². The molecule has 0 saturated heterocycles. The van der Waals surface area contributed by atoms with Crippen molar-refractivity contribution in [3.63, 3.8) is 0 Å². The molecule has 43 heavy (non-hydrogen) atoms. The third-order valence-electron chi connectivity index (χ3n) is 8.22. The van der Waals surface area contributed by atoms with Crippen molar-refractivity contribution in [1.29, 1.82) is 0 Å². The van der Waals surface area contributed by atoms with Crippen LogP contribution in [0.15, 0.2) is 72.8 Å². The maximum atomic E-state index is 14.3. The highest BCUT2D eigenvalue weighted by molar-refractivity contribution is 5.89. The lowest BCUT2D eigenvalue weighted by atomic mass is 9.89. The predicted molar refractivity (Wildman–Crippen MR) is 159 cm³/mol. The molecular formula is C34H35F2N3O4. The molecule has 7 nitrogen and oxygen atoms in total. The molecule has 4 aromatic rings. The van der Waals surface area contributed by atoms with Gasteiger partial charge in [-0.1, -0.05) is 49.4 Å². The average molecular weight is 588 g/mol. The van der Waals surface area contributed by atoms with Gasteiger partial charge in [-0.3, -0.25) is 9.59 Å². The van der Waals surface area contributed by atoms with Gasteiger partial charge in [0.2, 0.25) is 11.8 Å². The van der Waals surface area contributed by atoms with Crippen molar-refractivity contribution >= 4 is 28.7 Å². The van der Waals surface area contributed by atoms with Crippen molar-refractivity contribution in [2.24, 2.45) is 5.92 Å². The Morgan fingerprint density at radius 1 is 0.977 bits per heavy atom. The summed E-state index contributed by atoms with van der Waals surface area (Å²) in [6, 6.07) is 18.7. The SMILES string of the molecule is CCC(C(=O)O)n1c2c(c3cc(F)ccc31)C[C@@H](NC(=O)C(CC(=O)NCc1ccc(F)cc1)Cc1ccccc1)CC2. The van der Waals surface area contributed by atoms with E-state index in [9.17, 15) is 28.3 Å². The monoisotopic (exact) mass is 587 g/mol. The first kappa shape index (κ1) is 29.9. The Morgan fingerprint density at radius 2 is 1.70 bits per heavy atom. The standard InChI is InChI=1S/C34H35F2N3O4/c1-2-29(34(42)43)39-30-14-12-25(36)18-27(30)28-19-26(13-15-31(28)39)38-33(41)23(16-21-6-4-3-5-7-21)17-32(40)37-20-22-8-10-24(35)11-9-22/h3-12,14,18,23,26,29H,2,13,15-17,19-20H2,1H3,(H,37,40)(H,38,41)(H,42,43)/t23?,26-,29?/m0/s1. The van der Waals surface area contributed by atoms with Crippen LogP contribution in [0.3, 0.4) is 0 Å². The van der Waals surface area contributed by atoms with Crippen LogP contribution in [0.25, 0.3) is 10.9 Å². The van der Waals surface area contributed by atoms with Crippen molar-refractivity contribution in [1.82, 2.24) is 15.2 Å². The molecule has 3 atom stereocenters. The molecule has 0 spiro atoms. The number of halogens is 2. The Kier molecular flexibility index (Phi) is 9.19. The number of carbonyl (C=O) groups excluding carboxylic acids is 2. The van der Waals surface area contributed by atoms with Crippen LogP contribution in [0.1, 0.15) is 54.6 Å². The normalized spacial score (nSPS) is 15.8. The van der Waals surface area contributed by atoms with Gasteiger partial charge in [0, 0.05) is 35.6 Å². The Hall–Kier alpha value is -4.53. The second-order valence-electron chi connectivity index (χ2n) is 11.2. The summed E-state index contributed by atoms with van der Waals surface area (Å²) in [5.74, 6) is -2.87. The molecule has 5 rings (SSSR count). The van der Waals surface area contributed by atoms with E-state index in [0.29, 0.717) is 43.0 Å². The lowest BCUT2D eigenvalue weighted by Gasteiger charge is -2.28. The molecule has 2 unspecified atom stereocenters. The van der Waals surface area contributed by atoms with Crippen LogP contribution >= 0.6 is 0 Å². The second-order valence-corrected chi connectivity index (χ2v) is 11.2. The van der Waals surface area contributed by atoms with Crippen LogP contribution in [0.5, 0.6) is 0 Å². The maximum absolute atomic E-state index is 14.3. The average Bonchev–Trinajstić information content (AvgIpc) is 3.30. The largest absolute Gasteiger partial charge is 0.480 e. The zero-order valence-electron chi connectivity index (χ0n) is 24.0. The van der Waals surface area contributed by atoms with E-state index in [1.54, 1.807) is 18.2 Å². The van der Waals surface area contributed by atoms with E-state index in [2.05, 4.69) is 10.6 Å². The molecule has 1 aliphatic carbocycles. The van der Waals surface area contributed by atoms with Crippen molar-refractivity contribution in [2.75, 3.05) is 0 Å². The summed E-state index contributed by atoms with van der Waals surface area (Å²) in [5, 5.41) is 16.5. The third kappa shape index (κ3) is 6.93. The van der Waals surface area contributed by atoms with Gasteiger partial charge in [-0.2, -0.15) is 0 Å². The topological polar surface area (TPSA) is 100 Å². The van der Waals surface area contributed by atoms with Gasteiger partial charge in [0.1, 0.15) is 17.7 Å². The minimum Gasteiger partial charge on any atom is -0.480 e. The minimum absolute atomic E-state index is 0.0266. The number of fused-ring (bicyclic) bond motifs is 3. The predicted octanol–water partition coefficient (Wildman–Crippen LogP) is 5.49. The van der Waals surface area contributed by atoms with Gasteiger partial charge in [0.25, 0.3) is 0 Å². The first-order valence-corrected chi connectivity index (χ1v) is 14.6. The molecule has 0 bridgehead atoms. The lowest BCUT2D eigenvalue weighted by Crippen LogP contribution is -2.44. The number of hydrogen-bond acceptors (Lipinski definition) is 3. The fraction of sp³-hybridized carbons (Fsp3) is 0.324. The fourth-order valence-corrected chi connectivity index (χ4v) is 6.09. The van der Waals surface area contributed by atoms with Crippen LogP contribution in [0, 0.1) is 17.6 Å². The fourth-order valence-electron chi connectivity index (χ4n) is 6.09.